The third-order valence-electron chi connectivity index (χ3n) is 3.67. The smallest absolute Gasteiger partial charge is 0.113 e. The van der Waals surface area contributed by atoms with Crippen LogP contribution < -0.4 is 5.32 Å². The first-order chi connectivity index (χ1) is 8.75. The fourth-order valence-electron chi connectivity index (χ4n) is 2.81. The van der Waals surface area contributed by atoms with Crippen LogP contribution in [-0.4, -0.2) is 48.5 Å². The van der Waals surface area contributed by atoms with Gasteiger partial charge in [0.2, 0.25) is 0 Å². The maximum absolute atomic E-state index is 10.6. The molecular formula is C14H20N2O2. The van der Waals surface area contributed by atoms with Crippen molar-refractivity contribution in [2.45, 2.75) is 18.7 Å². The Morgan fingerprint density at radius 3 is 2.72 bits per heavy atom. The van der Waals surface area contributed by atoms with Gasteiger partial charge in [-0.15, -0.1) is 0 Å². The van der Waals surface area contributed by atoms with Gasteiger partial charge in [0.15, 0.2) is 0 Å². The van der Waals surface area contributed by atoms with E-state index in [0.29, 0.717) is 26.3 Å². The number of hydrogen-bond donors (Lipinski definition) is 2. The minimum atomic E-state index is -0.765. The molecule has 1 aromatic carbocycles. The Hall–Kier alpha value is -0.940. The van der Waals surface area contributed by atoms with Gasteiger partial charge in [-0.3, -0.25) is 4.90 Å². The lowest BCUT2D eigenvalue weighted by atomic mass is 10.1. The summed E-state index contributed by atoms with van der Waals surface area (Å²) in [5, 5.41) is 13.8. The normalized spacial score (nSPS) is 28.9. The molecule has 0 bridgehead atoms. The number of fused-ring (bicyclic) bond motifs is 1. The monoisotopic (exact) mass is 248 g/mol. The standard InChI is InChI=1S/C14H20N2O2/c17-14(9-15-5-6-18-11-14)10-16-7-12-3-1-2-4-13(12)8-16/h1-4,15,17H,5-11H2/t14-/m1/s1. The van der Waals surface area contributed by atoms with Gasteiger partial charge >= 0.3 is 0 Å². The van der Waals surface area contributed by atoms with Crippen molar-refractivity contribution in [2.24, 2.45) is 0 Å². The molecule has 0 radical (unpaired) electrons. The maximum atomic E-state index is 10.6. The fourth-order valence-corrected chi connectivity index (χ4v) is 2.81. The summed E-state index contributed by atoms with van der Waals surface area (Å²) >= 11 is 0. The fraction of sp³-hybridized carbons (Fsp3) is 0.571. The van der Waals surface area contributed by atoms with Gasteiger partial charge in [0.05, 0.1) is 13.2 Å². The van der Waals surface area contributed by atoms with Gasteiger partial charge < -0.3 is 15.2 Å². The summed E-state index contributed by atoms with van der Waals surface area (Å²) in [6.07, 6.45) is 0. The Morgan fingerprint density at radius 1 is 1.28 bits per heavy atom. The van der Waals surface area contributed by atoms with Crippen molar-refractivity contribution in [1.29, 1.82) is 0 Å². The molecule has 0 spiro atoms. The summed E-state index contributed by atoms with van der Waals surface area (Å²) in [4.78, 5) is 2.29. The predicted octanol–water partition coefficient (Wildman–Crippen LogP) is 0.353. The van der Waals surface area contributed by atoms with Crippen molar-refractivity contribution in [3.05, 3.63) is 35.4 Å². The first-order valence-electron chi connectivity index (χ1n) is 6.55. The molecule has 1 saturated heterocycles. The van der Waals surface area contributed by atoms with Crippen molar-refractivity contribution >= 4 is 0 Å². The average molecular weight is 248 g/mol. The molecule has 0 saturated carbocycles. The lowest BCUT2D eigenvalue weighted by molar-refractivity contribution is -0.0498. The molecule has 98 valence electrons. The summed E-state index contributed by atoms with van der Waals surface area (Å²) in [6.45, 7) is 5.06. The maximum Gasteiger partial charge on any atom is 0.113 e. The van der Waals surface area contributed by atoms with E-state index in [9.17, 15) is 5.11 Å². The number of benzene rings is 1. The van der Waals surface area contributed by atoms with Crippen LogP contribution in [0.1, 0.15) is 11.1 Å². The highest BCUT2D eigenvalue weighted by atomic mass is 16.5. The van der Waals surface area contributed by atoms with Crippen molar-refractivity contribution in [3.63, 3.8) is 0 Å². The molecule has 4 nitrogen and oxygen atoms in total. The molecule has 1 fully saturated rings. The Balaban J connectivity index is 1.64. The Bertz CT molecular complexity index is 389. The second-order valence-corrected chi connectivity index (χ2v) is 5.37. The van der Waals surface area contributed by atoms with Crippen LogP contribution in [0.2, 0.25) is 0 Å². The summed E-state index contributed by atoms with van der Waals surface area (Å²) < 4.78 is 5.46. The number of nitrogens with one attached hydrogen (secondary N) is 1. The van der Waals surface area contributed by atoms with Crippen LogP contribution in [0.15, 0.2) is 24.3 Å². The first-order valence-corrected chi connectivity index (χ1v) is 6.55. The molecular weight excluding hydrogens is 228 g/mol. The highest BCUT2D eigenvalue weighted by Gasteiger charge is 2.33. The molecule has 3 rings (SSSR count). The van der Waals surface area contributed by atoms with Crippen molar-refractivity contribution in [3.8, 4) is 0 Å². The minimum absolute atomic E-state index is 0.423. The van der Waals surface area contributed by atoms with Crippen LogP contribution in [0.5, 0.6) is 0 Å². The molecule has 0 aliphatic carbocycles. The SMILES string of the molecule is O[C@@]1(CN2Cc3ccccc3C2)CNCCOC1. The quantitative estimate of drug-likeness (QED) is 0.793. The van der Waals surface area contributed by atoms with E-state index in [2.05, 4.69) is 34.5 Å². The van der Waals surface area contributed by atoms with Crippen LogP contribution in [0.25, 0.3) is 0 Å². The lowest BCUT2D eigenvalue weighted by Gasteiger charge is -2.30. The van der Waals surface area contributed by atoms with Crippen molar-refractivity contribution in [2.75, 3.05) is 32.8 Å². The zero-order valence-corrected chi connectivity index (χ0v) is 10.6. The number of hydrogen-bond acceptors (Lipinski definition) is 4. The van der Waals surface area contributed by atoms with Crippen LogP contribution in [0.3, 0.4) is 0 Å². The van der Waals surface area contributed by atoms with E-state index >= 15 is 0 Å². The molecule has 1 atom stereocenters. The van der Waals surface area contributed by atoms with Crippen LogP contribution in [0.4, 0.5) is 0 Å². The Morgan fingerprint density at radius 2 is 2.00 bits per heavy atom. The molecule has 0 unspecified atom stereocenters. The molecule has 2 aliphatic heterocycles. The van der Waals surface area contributed by atoms with E-state index in [1.165, 1.54) is 11.1 Å². The Labute approximate surface area is 108 Å². The van der Waals surface area contributed by atoms with Gasteiger partial charge in [0.25, 0.3) is 0 Å². The van der Waals surface area contributed by atoms with E-state index < -0.39 is 5.60 Å². The van der Waals surface area contributed by atoms with Gasteiger partial charge in [-0.2, -0.15) is 0 Å². The molecule has 18 heavy (non-hydrogen) atoms. The number of β-amino-alcohol motifs (C(OH)–C–C–N with tert-alkyl or cyclic N) is 1. The predicted molar refractivity (Wildman–Crippen MR) is 69.2 cm³/mol. The summed E-state index contributed by atoms with van der Waals surface area (Å²) in [7, 11) is 0. The van der Waals surface area contributed by atoms with Gasteiger partial charge in [-0.1, -0.05) is 24.3 Å². The van der Waals surface area contributed by atoms with Gasteiger partial charge in [-0.25, -0.2) is 0 Å². The summed E-state index contributed by atoms with van der Waals surface area (Å²) in [5.41, 5.74) is 1.99. The highest BCUT2D eigenvalue weighted by molar-refractivity contribution is 5.30. The molecule has 2 heterocycles. The van der Waals surface area contributed by atoms with Crippen LogP contribution in [0, 0.1) is 0 Å². The molecule has 1 aromatic rings. The second-order valence-electron chi connectivity index (χ2n) is 5.37. The van der Waals surface area contributed by atoms with E-state index in [1.807, 2.05) is 0 Å². The van der Waals surface area contributed by atoms with E-state index in [-0.39, 0.29) is 0 Å². The first kappa shape index (κ1) is 12.1. The van der Waals surface area contributed by atoms with Crippen LogP contribution >= 0.6 is 0 Å². The Kier molecular flexibility index (Phi) is 3.35. The van der Waals surface area contributed by atoms with Gasteiger partial charge in [0, 0.05) is 32.7 Å². The van der Waals surface area contributed by atoms with E-state index in [1.54, 1.807) is 0 Å². The minimum Gasteiger partial charge on any atom is -0.385 e. The zero-order valence-electron chi connectivity index (χ0n) is 10.6. The third-order valence-corrected chi connectivity index (χ3v) is 3.67. The highest BCUT2D eigenvalue weighted by Crippen LogP contribution is 2.24. The van der Waals surface area contributed by atoms with Gasteiger partial charge in [0.1, 0.15) is 5.60 Å². The second kappa shape index (κ2) is 4.97. The van der Waals surface area contributed by atoms with E-state index in [4.69, 9.17) is 4.74 Å². The number of nitrogens with zero attached hydrogens (tertiary/aromatic N) is 1. The van der Waals surface area contributed by atoms with Crippen LogP contribution in [-0.2, 0) is 17.8 Å². The molecule has 2 N–H and O–H groups in total. The van der Waals surface area contributed by atoms with E-state index in [0.717, 1.165) is 19.6 Å². The summed E-state index contributed by atoms with van der Waals surface area (Å²) in [6, 6.07) is 8.49. The third kappa shape index (κ3) is 2.57. The number of aliphatic hydroxyl groups is 1. The lowest BCUT2D eigenvalue weighted by Crippen LogP contribution is -2.50. The molecule has 2 aliphatic rings. The zero-order chi connectivity index (χ0) is 12.4. The number of ether oxygens (including phenoxy) is 1. The topological polar surface area (TPSA) is 44.7 Å². The summed E-state index contributed by atoms with van der Waals surface area (Å²) in [5.74, 6) is 0. The molecule has 0 aromatic heterocycles. The van der Waals surface area contributed by atoms with Crippen molar-refractivity contribution in [1.82, 2.24) is 10.2 Å². The van der Waals surface area contributed by atoms with Crippen molar-refractivity contribution < 1.29 is 9.84 Å². The van der Waals surface area contributed by atoms with Gasteiger partial charge in [-0.05, 0) is 11.1 Å². The number of rotatable bonds is 2. The molecule has 0 amide bonds. The largest absolute Gasteiger partial charge is 0.385 e. The average Bonchev–Trinajstić information content (AvgIpc) is 2.63. The molecule has 4 heteroatoms.